The highest BCUT2D eigenvalue weighted by atomic mass is 16.5. The first-order valence-electron chi connectivity index (χ1n) is 7.34. The van der Waals surface area contributed by atoms with Gasteiger partial charge in [0.25, 0.3) is 5.91 Å². The number of hydrogen-bond acceptors (Lipinski definition) is 2. The van der Waals surface area contributed by atoms with Crippen LogP contribution in [0.2, 0.25) is 0 Å². The largest absolute Gasteiger partial charge is 0.379 e. The predicted octanol–water partition coefficient (Wildman–Crippen LogP) is 3.19. The number of methoxy groups -OCH3 is 1. The molecule has 1 atom stereocenters. The van der Waals surface area contributed by atoms with Crippen LogP contribution in [-0.4, -0.2) is 30.6 Å². The Labute approximate surface area is 125 Å². The molecular formula is C17H24N2O2. The maximum Gasteiger partial charge on any atom is 0.251 e. The Kier molecular flexibility index (Phi) is 4.68. The zero-order valence-corrected chi connectivity index (χ0v) is 13.4. The van der Waals surface area contributed by atoms with Crippen LogP contribution >= 0.6 is 0 Å². The van der Waals surface area contributed by atoms with E-state index in [0.29, 0.717) is 18.0 Å². The van der Waals surface area contributed by atoms with Gasteiger partial charge in [-0.05, 0) is 43.5 Å². The second-order valence-electron chi connectivity index (χ2n) is 5.86. The van der Waals surface area contributed by atoms with Crippen molar-refractivity contribution in [3.63, 3.8) is 0 Å². The minimum atomic E-state index is -0.0575. The van der Waals surface area contributed by atoms with Crippen molar-refractivity contribution in [3.05, 3.63) is 35.0 Å². The van der Waals surface area contributed by atoms with E-state index in [1.165, 1.54) is 5.56 Å². The summed E-state index contributed by atoms with van der Waals surface area (Å²) in [5, 5.41) is 4.05. The number of ether oxygens (including phenoxy) is 1. The quantitative estimate of drug-likeness (QED) is 0.887. The molecule has 1 aromatic carbocycles. The van der Waals surface area contributed by atoms with Crippen LogP contribution in [0.3, 0.4) is 0 Å². The van der Waals surface area contributed by atoms with Crippen molar-refractivity contribution in [3.8, 4) is 0 Å². The molecule has 0 aliphatic rings. The predicted molar refractivity (Wildman–Crippen MR) is 85.7 cm³/mol. The number of carbonyl (C=O) groups excluding carboxylic acids is 1. The van der Waals surface area contributed by atoms with Gasteiger partial charge < -0.3 is 15.0 Å². The fourth-order valence-electron chi connectivity index (χ4n) is 2.49. The van der Waals surface area contributed by atoms with Crippen LogP contribution in [0.1, 0.15) is 35.5 Å². The van der Waals surface area contributed by atoms with Crippen LogP contribution < -0.4 is 5.32 Å². The molecule has 0 radical (unpaired) electrons. The summed E-state index contributed by atoms with van der Waals surface area (Å²) in [6.07, 6.45) is 0.0360. The number of H-pyrrole nitrogens is 1. The Balaban J connectivity index is 2.14. The van der Waals surface area contributed by atoms with Crippen molar-refractivity contribution in [1.29, 1.82) is 0 Å². The first-order chi connectivity index (χ1) is 9.93. The van der Waals surface area contributed by atoms with Crippen LogP contribution in [0.25, 0.3) is 10.9 Å². The number of nitrogens with one attached hydrogen (secondary N) is 2. The van der Waals surface area contributed by atoms with E-state index in [4.69, 9.17) is 4.74 Å². The molecule has 0 bridgehead atoms. The number of amides is 1. The molecule has 0 saturated carbocycles. The number of hydrogen-bond donors (Lipinski definition) is 2. The van der Waals surface area contributed by atoms with Gasteiger partial charge in [-0.15, -0.1) is 0 Å². The van der Waals surface area contributed by atoms with E-state index < -0.39 is 0 Å². The Morgan fingerprint density at radius 2 is 2.05 bits per heavy atom. The lowest BCUT2D eigenvalue weighted by Crippen LogP contribution is -2.35. The molecule has 1 heterocycles. The smallest absolute Gasteiger partial charge is 0.251 e. The highest BCUT2D eigenvalue weighted by Crippen LogP contribution is 2.22. The summed E-state index contributed by atoms with van der Waals surface area (Å²) < 4.78 is 5.37. The van der Waals surface area contributed by atoms with Gasteiger partial charge in [-0.3, -0.25) is 4.79 Å². The Hall–Kier alpha value is -1.81. The summed E-state index contributed by atoms with van der Waals surface area (Å²) in [6, 6.07) is 5.76. The fraction of sp³-hybridized carbons (Fsp3) is 0.471. The van der Waals surface area contributed by atoms with E-state index in [1.807, 2.05) is 25.1 Å². The van der Waals surface area contributed by atoms with Crippen LogP contribution in [0.15, 0.2) is 18.2 Å². The summed E-state index contributed by atoms with van der Waals surface area (Å²) in [5.41, 5.74) is 4.08. The molecule has 21 heavy (non-hydrogen) atoms. The van der Waals surface area contributed by atoms with Gasteiger partial charge in [0.15, 0.2) is 0 Å². The van der Waals surface area contributed by atoms with E-state index in [-0.39, 0.29) is 12.0 Å². The molecule has 114 valence electrons. The SMILES string of the molecule is COC(CNC(=O)c1ccc2[nH]c(C)c(C)c2c1)C(C)C. The maximum absolute atomic E-state index is 12.3. The normalized spacial score (nSPS) is 12.9. The zero-order valence-electron chi connectivity index (χ0n) is 13.4. The summed E-state index contributed by atoms with van der Waals surface area (Å²) in [5.74, 6) is 0.310. The van der Waals surface area contributed by atoms with E-state index in [2.05, 4.69) is 31.1 Å². The van der Waals surface area contributed by atoms with Crippen LogP contribution in [0, 0.1) is 19.8 Å². The van der Waals surface area contributed by atoms with Gasteiger partial charge in [-0.1, -0.05) is 13.8 Å². The Morgan fingerprint density at radius 3 is 2.67 bits per heavy atom. The average molecular weight is 288 g/mol. The second-order valence-corrected chi connectivity index (χ2v) is 5.86. The average Bonchev–Trinajstić information content (AvgIpc) is 2.74. The van der Waals surface area contributed by atoms with Gasteiger partial charge in [0.1, 0.15) is 0 Å². The van der Waals surface area contributed by atoms with Crippen molar-refractivity contribution in [1.82, 2.24) is 10.3 Å². The van der Waals surface area contributed by atoms with E-state index in [1.54, 1.807) is 7.11 Å². The lowest BCUT2D eigenvalue weighted by molar-refractivity contribution is 0.0605. The maximum atomic E-state index is 12.3. The van der Waals surface area contributed by atoms with Gasteiger partial charge >= 0.3 is 0 Å². The number of aromatic nitrogens is 1. The van der Waals surface area contributed by atoms with Gasteiger partial charge in [-0.2, -0.15) is 0 Å². The first kappa shape index (κ1) is 15.6. The van der Waals surface area contributed by atoms with Crippen molar-refractivity contribution >= 4 is 16.8 Å². The highest BCUT2D eigenvalue weighted by molar-refractivity contribution is 5.99. The number of aryl methyl sites for hydroxylation is 2. The molecule has 2 rings (SSSR count). The van der Waals surface area contributed by atoms with Gasteiger partial charge in [-0.25, -0.2) is 0 Å². The van der Waals surface area contributed by atoms with Crippen molar-refractivity contribution < 1.29 is 9.53 Å². The number of fused-ring (bicyclic) bond motifs is 1. The van der Waals surface area contributed by atoms with E-state index in [0.717, 1.165) is 16.6 Å². The van der Waals surface area contributed by atoms with Gasteiger partial charge in [0.05, 0.1) is 6.10 Å². The van der Waals surface area contributed by atoms with Crippen LogP contribution in [0.4, 0.5) is 0 Å². The van der Waals surface area contributed by atoms with E-state index >= 15 is 0 Å². The fourth-order valence-corrected chi connectivity index (χ4v) is 2.49. The lowest BCUT2D eigenvalue weighted by Gasteiger charge is -2.19. The number of rotatable bonds is 5. The number of aromatic amines is 1. The Morgan fingerprint density at radius 1 is 1.33 bits per heavy atom. The molecule has 0 aliphatic carbocycles. The molecule has 0 fully saturated rings. The third kappa shape index (κ3) is 3.27. The summed E-state index contributed by atoms with van der Waals surface area (Å²) in [4.78, 5) is 15.6. The molecule has 4 heteroatoms. The van der Waals surface area contributed by atoms with E-state index in [9.17, 15) is 4.79 Å². The minimum Gasteiger partial charge on any atom is -0.379 e. The lowest BCUT2D eigenvalue weighted by atomic mass is 10.1. The molecule has 1 amide bonds. The minimum absolute atomic E-state index is 0.0360. The monoisotopic (exact) mass is 288 g/mol. The first-order valence-corrected chi connectivity index (χ1v) is 7.34. The standard InChI is InChI=1S/C17H24N2O2/c1-10(2)16(21-5)9-18-17(20)13-6-7-15-14(8-13)11(3)12(4)19-15/h6-8,10,16,19H,9H2,1-5H3,(H,18,20). The molecule has 2 aromatic rings. The highest BCUT2D eigenvalue weighted by Gasteiger charge is 2.15. The number of carbonyl (C=O) groups is 1. The molecule has 4 nitrogen and oxygen atoms in total. The Bertz CT molecular complexity index is 644. The molecular weight excluding hydrogens is 264 g/mol. The molecule has 0 spiro atoms. The topological polar surface area (TPSA) is 54.1 Å². The molecule has 1 aromatic heterocycles. The van der Waals surface area contributed by atoms with Crippen molar-refractivity contribution in [2.75, 3.05) is 13.7 Å². The molecule has 0 aliphatic heterocycles. The summed E-state index contributed by atoms with van der Waals surface area (Å²) in [7, 11) is 1.68. The van der Waals surface area contributed by atoms with Gasteiger partial charge in [0, 0.05) is 35.8 Å². The number of benzene rings is 1. The van der Waals surface area contributed by atoms with Crippen LogP contribution in [0.5, 0.6) is 0 Å². The zero-order chi connectivity index (χ0) is 15.6. The summed E-state index contributed by atoms with van der Waals surface area (Å²) in [6.45, 7) is 8.79. The van der Waals surface area contributed by atoms with Crippen molar-refractivity contribution in [2.24, 2.45) is 5.92 Å². The third-order valence-corrected chi connectivity index (χ3v) is 4.08. The van der Waals surface area contributed by atoms with Crippen molar-refractivity contribution in [2.45, 2.75) is 33.8 Å². The molecule has 1 unspecified atom stereocenters. The van der Waals surface area contributed by atoms with Gasteiger partial charge in [0.2, 0.25) is 0 Å². The molecule has 2 N–H and O–H groups in total. The molecule has 0 saturated heterocycles. The third-order valence-electron chi connectivity index (χ3n) is 4.08. The van der Waals surface area contributed by atoms with Crippen LogP contribution in [-0.2, 0) is 4.74 Å². The second kappa shape index (κ2) is 6.31. The summed E-state index contributed by atoms with van der Waals surface area (Å²) >= 11 is 0.